The normalized spacial score (nSPS) is 11.2. The molecule has 0 aliphatic carbocycles. The summed E-state index contributed by atoms with van der Waals surface area (Å²) in [6, 6.07) is 17.8. The lowest BCUT2D eigenvalue weighted by atomic mass is 10.1. The van der Waals surface area contributed by atoms with Gasteiger partial charge in [-0.1, -0.05) is 24.3 Å². The van der Waals surface area contributed by atoms with Crippen LogP contribution in [0.2, 0.25) is 0 Å². The quantitative estimate of drug-likeness (QED) is 0.366. The van der Waals surface area contributed by atoms with E-state index in [2.05, 4.69) is 20.5 Å². The van der Waals surface area contributed by atoms with Crippen LogP contribution in [0.3, 0.4) is 0 Å². The maximum absolute atomic E-state index is 14.2. The highest BCUT2D eigenvalue weighted by Gasteiger charge is 2.12. The third-order valence-corrected chi connectivity index (χ3v) is 4.11. The summed E-state index contributed by atoms with van der Waals surface area (Å²) in [5.74, 6) is 0.0747. The molecule has 138 valence electrons. The number of fused-ring (bicyclic) bond motifs is 1. The summed E-state index contributed by atoms with van der Waals surface area (Å²) in [6.45, 7) is 0. The number of aromatic hydroxyl groups is 2. The van der Waals surface area contributed by atoms with Crippen molar-refractivity contribution in [2.24, 2.45) is 5.10 Å². The summed E-state index contributed by atoms with van der Waals surface area (Å²) in [6.07, 6.45) is 1.40. The molecule has 0 saturated heterocycles. The van der Waals surface area contributed by atoms with Gasteiger partial charge in [-0.3, -0.25) is 5.43 Å². The smallest absolute Gasteiger partial charge is 0.165 e. The fourth-order valence-corrected chi connectivity index (χ4v) is 2.73. The molecule has 1 aromatic heterocycles. The van der Waals surface area contributed by atoms with Crippen LogP contribution in [0.4, 0.5) is 10.2 Å². The van der Waals surface area contributed by atoms with Crippen molar-refractivity contribution in [1.82, 2.24) is 9.97 Å². The van der Waals surface area contributed by atoms with Gasteiger partial charge in [-0.15, -0.1) is 0 Å². The van der Waals surface area contributed by atoms with Gasteiger partial charge in [0.15, 0.2) is 11.6 Å². The summed E-state index contributed by atoms with van der Waals surface area (Å²) in [7, 11) is 0. The van der Waals surface area contributed by atoms with E-state index < -0.39 is 5.82 Å². The zero-order valence-electron chi connectivity index (χ0n) is 14.5. The molecule has 0 radical (unpaired) electrons. The number of rotatable bonds is 4. The number of nitrogens with one attached hydrogen (secondary N) is 1. The van der Waals surface area contributed by atoms with Gasteiger partial charge in [-0.25, -0.2) is 14.4 Å². The fourth-order valence-electron chi connectivity index (χ4n) is 2.73. The average molecular weight is 374 g/mol. The molecule has 0 unspecified atom stereocenters. The third kappa shape index (κ3) is 3.45. The Morgan fingerprint density at radius 2 is 1.71 bits per heavy atom. The molecule has 4 aromatic rings. The molecule has 0 atom stereocenters. The number of aromatic nitrogens is 2. The first-order valence-electron chi connectivity index (χ1n) is 8.44. The lowest BCUT2D eigenvalue weighted by Gasteiger charge is -2.09. The zero-order chi connectivity index (χ0) is 19.5. The molecule has 0 fully saturated rings. The minimum atomic E-state index is -0.416. The van der Waals surface area contributed by atoms with Crippen LogP contribution in [-0.4, -0.2) is 26.4 Å². The van der Waals surface area contributed by atoms with Crippen molar-refractivity contribution < 1.29 is 14.6 Å². The Bertz CT molecular complexity index is 1190. The molecule has 6 nitrogen and oxygen atoms in total. The predicted molar refractivity (Wildman–Crippen MR) is 106 cm³/mol. The number of hydrogen-bond acceptors (Lipinski definition) is 6. The van der Waals surface area contributed by atoms with Crippen LogP contribution in [0, 0.1) is 5.82 Å². The average Bonchev–Trinajstić information content (AvgIpc) is 2.70. The Kier molecular flexibility index (Phi) is 4.55. The van der Waals surface area contributed by atoms with Gasteiger partial charge in [0.2, 0.25) is 0 Å². The van der Waals surface area contributed by atoms with Crippen molar-refractivity contribution in [1.29, 1.82) is 0 Å². The fraction of sp³-hybridized carbons (Fsp3) is 0. The van der Waals surface area contributed by atoms with Crippen molar-refractivity contribution >= 4 is 22.9 Å². The summed E-state index contributed by atoms with van der Waals surface area (Å²) in [5.41, 5.74) is 4.17. The maximum Gasteiger partial charge on any atom is 0.165 e. The van der Waals surface area contributed by atoms with Gasteiger partial charge < -0.3 is 10.2 Å². The number of phenolic OH excluding ortho intramolecular Hbond substituents is 2. The lowest BCUT2D eigenvalue weighted by Crippen LogP contribution is -2.00. The molecule has 28 heavy (non-hydrogen) atoms. The molecule has 0 amide bonds. The van der Waals surface area contributed by atoms with E-state index in [1.165, 1.54) is 30.5 Å². The van der Waals surface area contributed by atoms with Gasteiger partial charge in [0.1, 0.15) is 17.3 Å². The Morgan fingerprint density at radius 1 is 0.929 bits per heavy atom. The Balaban J connectivity index is 1.73. The molecular formula is C21H15FN4O2. The van der Waals surface area contributed by atoms with Crippen LogP contribution in [0.5, 0.6) is 11.5 Å². The number of benzene rings is 3. The van der Waals surface area contributed by atoms with Crippen molar-refractivity contribution in [2.75, 3.05) is 5.43 Å². The number of hydrazone groups is 1. The molecule has 0 saturated carbocycles. The molecule has 4 rings (SSSR count). The number of halogens is 1. The summed E-state index contributed by atoms with van der Waals surface area (Å²) < 4.78 is 14.2. The van der Waals surface area contributed by atoms with Gasteiger partial charge in [-0.2, -0.15) is 5.10 Å². The van der Waals surface area contributed by atoms with Crippen molar-refractivity contribution in [3.8, 4) is 22.9 Å². The van der Waals surface area contributed by atoms with Crippen molar-refractivity contribution in [3.05, 3.63) is 78.1 Å². The third-order valence-electron chi connectivity index (χ3n) is 4.11. The van der Waals surface area contributed by atoms with Crippen LogP contribution >= 0.6 is 0 Å². The maximum atomic E-state index is 14.2. The molecule has 0 bridgehead atoms. The molecule has 3 aromatic carbocycles. The largest absolute Gasteiger partial charge is 0.508 e. The second-order valence-corrected chi connectivity index (χ2v) is 6.01. The van der Waals surface area contributed by atoms with E-state index in [-0.39, 0.29) is 22.9 Å². The highest BCUT2D eigenvalue weighted by molar-refractivity contribution is 5.91. The summed E-state index contributed by atoms with van der Waals surface area (Å²) in [4.78, 5) is 8.87. The number of phenols is 2. The highest BCUT2D eigenvalue weighted by atomic mass is 19.1. The molecule has 1 heterocycles. The van der Waals surface area contributed by atoms with E-state index in [1.54, 1.807) is 18.2 Å². The van der Waals surface area contributed by atoms with Gasteiger partial charge in [-0.05, 0) is 36.4 Å². The second kappa shape index (κ2) is 7.32. The van der Waals surface area contributed by atoms with E-state index in [4.69, 9.17) is 0 Å². The van der Waals surface area contributed by atoms with E-state index in [9.17, 15) is 14.6 Å². The highest BCUT2D eigenvalue weighted by Crippen LogP contribution is 2.26. The molecule has 0 aliphatic heterocycles. The molecule has 0 aliphatic rings. The molecule has 0 spiro atoms. The standard InChI is InChI=1S/C21H15FN4O2/c22-17-7-3-1-5-15(17)20-24-18-8-4-2-6-16(18)21(25-20)26-23-12-13-9-10-14(27)11-19(13)28/h1-12,27-28H,(H,24,25,26)/b23-12+. The molecular weight excluding hydrogens is 359 g/mol. The number of hydrogen-bond donors (Lipinski definition) is 3. The molecule has 3 N–H and O–H groups in total. The zero-order valence-corrected chi connectivity index (χ0v) is 14.5. The van der Waals surface area contributed by atoms with Crippen molar-refractivity contribution in [2.45, 2.75) is 0 Å². The van der Waals surface area contributed by atoms with Gasteiger partial charge in [0.25, 0.3) is 0 Å². The molecule has 7 heteroatoms. The van der Waals surface area contributed by atoms with Gasteiger partial charge in [0.05, 0.1) is 17.3 Å². The first-order chi connectivity index (χ1) is 13.6. The Labute approximate surface area is 159 Å². The van der Waals surface area contributed by atoms with E-state index in [0.29, 0.717) is 16.9 Å². The van der Waals surface area contributed by atoms with Crippen LogP contribution in [0.25, 0.3) is 22.3 Å². The van der Waals surface area contributed by atoms with Crippen LogP contribution in [0.15, 0.2) is 71.8 Å². The minimum Gasteiger partial charge on any atom is -0.508 e. The number of anilines is 1. The monoisotopic (exact) mass is 374 g/mol. The summed E-state index contributed by atoms with van der Waals surface area (Å²) in [5, 5.41) is 24.0. The van der Waals surface area contributed by atoms with Gasteiger partial charge in [0, 0.05) is 17.0 Å². The van der Waals surface area contributed by atoms with Crippen molar-refractivity contribution in [3.63, 3.8) is 0 Å². The van der Waals surface area contributed by atoms with Crippen LogP contribution in [-0.2, 0) is 0 Å². The Morgan fingerprint density at radius 3 is 2.54 bits per heavy atom. The first kappa shape index (κ1) is 17.4. The van der Waals surface area contributed by atoms with E-state index in [0.717, 1.165) is 5.39 Å². The summed E-state index contributed by atoms with van der Waals surface area (Å²) >= 11 is 0. The van der Waals surface area contributed by atoms with E-state index in [1.807, 2.05) is 24.3 Å². The van der Waals surface area contributed by atoms with Crippen LogP contribution < -0.4 is 5.43 Å². The Hall–Kier alpha value is -4.00. The van der Waals surface area contributed by atoms with E-state index >= 15 is 0 Å². The van der Waals surface area contributed by atoms with Crippen LogP contribution in [0.1, 0.15) is 5.56 Å². The first-order valence-corrected chi connectivity index (χ1v) is 8.44. The minimum absolute atomic E-state index is 0.0427. The SMILES string of the molecule is Oc1ccc(/C=N/Nc2nc(-c3ccccc3F)nc3ccccc23)c(O)c1. The topological polar surface area (TPSA) is 90.6 Å². The predicted octanol–water partition coefficient (Wildman–Crippen LogP) is 4.29. The number of para-hydroxylation sites is 1. The number of nitrogens with zero attached hydrogens (tertiary/aromatic N) is 3. The van der Waals surface area contributed by atoms with Gasteiger partial charge >= 0.3 is 0 Å². The second-order valence-electron chi connectivity index (χ2n) is 6.01. The lowest BCUT2D eigenvalue weighted by molar-refractivity contribution is 0.450.